The van der Waals surface area contributed by atoms with Crippen LogP contribution in [0, 0.1) is 0 Å². The molecule has 0 bridgehead atoms. The van der Waals surface area contributed by atoms with Gasteiger partial charge in [0.05, 0.1) is 12.6 Å². The minimum Gasteiger partial charge on any atom is -0.394 e. The van der Waals surface area contributed by atoms with Crippen molar-refractivity contribution in [3.05, 3.63) is 0 Å². The molecule has 0 saturated carbocycles. The number of aliphatic hydroxyl groups is 4. The fourth-order valence-corrected chi connectivity index (χ4v) is 2.35. The lowest BCUT2D eigenvalue weighted by Gasteiger charge is -2.40. The number of rotatable bonds is 3. The van der Waals surface area contributed by atoms with Crippen LogP contribution < -0.4 is 5.09 Å². The van der Waals surface area contributed by atoms with Crippen LogP contribution in [0.4, 0.5) is 0 Å². The van der Waals surface area contributed by atoms with E-state index in [2.05, 4.69) is 5.09 Å². The molecule has 0 aromatic rings. The van der Waals surface area contributed by atoms with E-state index in [1.54, 1.807) is 0 Å². The lowest BCUT2D eigenvalue weighted by Crippen LogP contribution is -2.62. The summed E-state index contributed by atoms with van der Waals surface area (Å²) in [6, 6.07) is -1.29. The van der Waals surface area contributed by atoms with Gasteiger partial charge < -0.3 is 30.1 Å². The van der Waals surface area contributed by atoms with E-state index >= 15 is 0 Å². The summed E-state index contributed by atoms with van der Waals surface area (Å²) in [4.78, 5) is 9.05. The molecule has 1 fully saturated rings. The number of nitrogens with one attached hydrogen (secondary N) is 1. The Hall–Kier alpha value is -0.0500. The second kappa shape index (κ2) is 5.07. The molecule has 9 heteroatoms. The summed E-state index contributed by atoms with van der Waals surface area (Å²) in [6.45, 7) is 0.405. The molecule has 8 nitrogen and oxygen atoms in total. The van der Waals surface area contributed by atoms with Crippen LogP contribution in [0.25, 0.3) is 0 Å². The van der Waals surface area contributed by atoms with Crippen LogP contribution in [-0.2, 0) is 9.30 Å². The second-order valence-electron chi connectivity index (χ2n) is 3.76. The van der Waals surface area contributed by atoms with Crippen LogP contribution in [-0.4, -0.2) is 69.2 Å². The minimum absolute atomic E-state index is 0.578. The van der Waals surface area contributed by atoms with Gasteiger partial charge in [0.1, 0.15) is 18.3 Å². The first-order valence-corrected chi connectivity index (χ1v) is 6.75. The van der Waals surface area contributed by atoms with Crippen LogP contribution >= 0.6 is 7.52 Å². The second-order valence-corrected chi connectivity index (χ2v) is 5.78. The van der Waals surface area contributed by atoms with Crippen LogP contribution in [0.15, 0.2) is 0 Å². The van der Waals surface area contributed by atoms with Crippen molar-refractivity contribution in [1.29, 1.82) is 0 Å². The average Bonchev–Trinajstić information content (AvgIpc) is 2.17. The number of hydrogen-bond donors (Lipinski definition) is 6. The highest BCUT2D eigenvalue weighted by molar-refractivity contribution is 7.55. The van der Waals surface area contributed by atoms with Crippen molar-refractivity contribution in [3.63, 3.8) is 0 Å². The minimum atomic E-state index is -3.69. The van der Waals surface area contributed by atoms with Gasteiger partial charge in [-0.25, -0.2) is 5.09 Å². The Morgan fingerprint density at radius 1 is 1.31 bits per heavy atom. The zero-order chi connectivity index (χ0) is 12.5. The third kappa shape index (κ3) is 3.22. The number of ether oxygens (including phenoxy) is 1. The van der Waals surface area contributed by atoms with Gasteiger partial charge in [-0.1, -0.05) is 0 Å². The van der Waals surface area contributed by atoms with Gasteiger partial charge in [-0.3, -0.25) is 4.57 Å². The number of hydrogen-bond acceptors (Lipinski definition) is 6. The molecular formula is C7H16NO7P. The first kappa shape index (κ1) is 14.0. The molecule has 6 atom stereocenters. The van der Waals surface area contributed by atoms with E-state index in [9.17, 15) is 19.9 Å². The highest BCUT2D eigenvalue weighted by Gasteiger charge is 2.44. The molecule has 1 saturated heterocycles. The topological polar surface area (TPSA) is 139 Å². The van der Waals surface area contributed by atoms with E-state index in [1.165, 1.54) is 0 Å². The molecule has 6 N–H and O–H groups in total. The van der Waals surface area contributed by atoms with Crippen molar-refractivity contribution in [3.8, 4) is 0 Å². The molecule has 1 unspecified atom stereocenters. The van der Waals surface area contributed by atoms with Crippen LogP contribution in [0.5, 0.6) is 0 Å². The van der Waals surface area contributed by atoms with Gasteiger partial charge in [0.15, 0.2) is 6.29 Å². The fourth-order valence-electron chi connectivity index (χ4n) is 1.51. The molecule has 1 heterocycles. The predicted octanol–water partition coefficient (Wildman–Crippen LogP) is -2.81. The first-order valence-electron chi connectivity index (χ1n) is 4.65. The van der Waals surface area contributed by atoms with Crippen LogP contribution in [0.2, 0.25) is 0 Å². The standard InChI is InChI=1S/C7H16NO7P/c1-16(13,14)8-4-6(11)5(10)3(2-9)15-7(4)12/h3-7,9-12H,2H2,1H3,(H2,8,13,14)/t3-,4-,5-,6-,7-/m1/s1. The molecule has 0 aromatic carbocycles. The summed E-state index contributed by atoms with van der Waals surface area (Å²) in [6.07, 6.45) is -5.67. The average molecular weight is 257 g/mol. The normalized spacial score (nSPS) is 44.0. The van der Waals surface area contributed by atoms with Crippen molar-refractivity contribution in [2.75, 3.05) is 13.3 Å². The smallest absolute Gasteiger partial charge is 0.264 e. The summed E-state index contributed by atoms with van der Waals surface area (Å²) >= 11 is 0. The Morgan fingerprint density at radius 2 is 1.88 bits per heavy atom. The maximum absolute atomic E-state index is 11.1. The fraction of sp³-hybridized carbons (Fsp3) is 1.00. The quantitative estimate of drug-likeness (QED) is 0.298. The van der Waals surface area contributed by atoms with Gasteiger partial charge in [0.25, 0.3) is 7.52 Å². The zero-order valence-corrected chi connectivity index (χ0v) is 9.49. The Kier molecular flexibility index (Phi) is 4.44. The predicted molar refractivity (Wildman–Crippen MR) is 52.7 cm³/mol. The van der Waals surface area contributed by atoms with Crippen LogP contribution in [0.1, 0.15) is 0 Å². The van der Waals surface area contributed by atoms with Gasteiger partial charge in [-0.2, -0.15) is 0 Å². The van der Waals surface area contributed by atoms with E-state index in [0.717, 1.165) is 6.66 Å². The van der Waals surface area contributed by atoms with Crippen molar-refractivity contribution in [2.45, 2.75) is 30.6 Å². The van der Waals surface area contributed by atoms with E-state index in [1.807, 2.05) is 0 Å². The molecule has 0 aliphatic carbocycles. The molecular weight excluding hydrogens is 241 g/mol. The van der Waals surface area contributed by atoms with Gasteiger partial charge in [0, 0.05) is 6.66 Å². The lowest BCUT2D eigenvalue weighted by molar-refractivity contribution is -0.251. The first-order chi connectivity index (χ1) is 7.26. The summed E-state index contributed by atoms with van der Waals surface area (Å²) in [7, 11) is -3.69. The molecule has 1 aliphatic heterocycles. The summed E-state index contributed by atoms with van der Waals surface area (Å²) < 4.78 is 15.8. The summed E-state index contributed by atoms with van der Waals surface area (Å²) in [5, 5.41) is 39.3. The molecule has 0 amide bonds. The van der Waals surface area contributed by atoms with Crippen molar-refractivity contribution in [2.24, 2.45) is 0 Å². The largest absolute Gasteiger partial charge is 0.394 e. The van der Waals surface area contributed by atoms with E-state index in [4.69, 9.17) is 14.7 Å². The molecule has 1 aliphatic rings. The van der Waals surface area contributed by atoms with Gasteiger partial charge >= 0.3 is 0 Å². The van der Waals surface area contributed by atoms with Crippen molar-refractivity contribution in [1.82, 2.24) is 5.09 Å². The molecule has 0 spiro atoms. The SMILES string of the molecule is CP(=O)(O)N[C@@H]1[C@@H](O)[C@H](O)[C@@H](CO)O[C@H]1O. The van der Waals surface area contributed by atoms with Crippen LogP contribution in [0.3, 0.4) is 0 Å². The Labute approximate surface area is 92.0 Å². The number of aliphatic hydroxyl groups excluding tert-OH is 4. The van der Waals surface area contributed by atoms with E-state index < -0.39 is 44.8 Å². The maximum Gasteiger partial charge on any atom is 0.264 e. The molecule has 1 rings (SSSR count). The third-order valence-corrected chi connectivity index (χ3v) is 3.07. The molecule has 0 aromatic heterocycles. The van der Waals surface area contributed by atoms with Crippen molar-refractivity contribution < 1.29 is 34.6 Å². The Morgan fingerprint density at radius 3 is 2.31 bits per heavy atom. The van der Waals surface area contributed by atoms with Crippen molar-refractivity contribution >= 4 is 7.52 Å². The maximum atomic E-state index is 11.1. The molecule has 0 radical (unpaired) electrons. The summed E-state index contributed by atoms with van der Waals surface area (Å²) in [5.41, 5.74) is 0. The zero-order valence-electron chi connectivity index (χ0n) is 8.59. The highest BCUT2D eigenvalue weighted by atomic mass is 31.2. The molecule has 16 heavy (non-hydrogen) atoms. The Balaban J connectivity index is 2.76. The van der Waals surface area contributed by atoms with Gasteiger partial charge in [0.2, 0.25) is 0 Å². The van der Waals surface area contributed by atoms with E-state index in [-0.39, 0.29) is 0 Å². The van der Waals surface area contributed by atoms with Gasteiger partial charge in [-0.15, -0.1) is 0 Å². The molecule has 96 valence electrons. The van der Waals surface area contributed by atoms with Gasteiger partial charge in [-0.05, 0) is 0 Å². The third-order valence-electron chi connectivity index (χ3n) is 2.29. The highest BCUT2D eigenvalue weighted by Crippen LogP contribution is 2.33. The lowest BCUT2D eigenvalue weighted by atomic mass is 9.98. The Bertz CT molecular complexity index is 282. The van der Waals surface area contributed by atoms with E-state index in [0.29, 0.717) is 0 Å². The summed E-state index contributed by atoms with van der Waals surface area (Å²) in [5.74, 6) is 0. The monoisotopic (exact) mass is 257 g/mol.